The molecule has 0 spiro atoms. The number of carbonyl (C=O) groups excluding carboxylic acids is 1. The molecule has 0 fully saturated rings. The number of ether oxygens (including phenoxy) is 2. The van der Waals surface area contributed by atoms with Gasteiger partial charge in [0.15, 0.2) is 16.9 Å². The van der Waals surface area contributed by atoms with Crippen molar-refractivity contribution in [2.45, 2.75) is 20.1 Å². The number of nitrogens with one attached hydrogen (secondary N) is 1. The maximum atomic E-state index is 12.9. The van der Waals surface area contributed by atoms with Gasteiger partial charge >= 0.3 is 0 Å². The van der Waals surface area contributed by atoms with Crippen LogP contribution < -0.4 is 20.3 Å². The van der Waals surface area contributed by atoms with Crippen molar-refractivity contribution < 1.29 is 14.3 Å². The summed E-state index contributed by atoms with van der Waals surface area (Å²) in [7, 11) is 0. The van der Waals surface area contributed by atoms with E-state index in [4.69, 9.17) is 32.7 Å². The van der Waals surface area contributed by atoms with Crippen molar-refractivity contribution in [1.82, 2.24) is 9.99 Å². The first-order valence-corrected chi connectivity index (χ1v) is 13.4. The van der Waals surface area contributed by atoms with E-state index in [-0.39, 0.29) is 24.5 Å². The predicted molar refractivity (Wildman–Crippen MR) is 160 cm³/mol. The highest BCUT2D eigenvalue weighted by atomic mass is 35.5. The second-order valence-corrected chi connectivity index (χ2v) is 9.75. The summed E-state index contributed by atoms with van der Waals surface area (Å²) < 4.78 is 13.5. The number of fused-ring (bicyclic) bond motifs is 2. The number of carbonyl (C=O) groups is 1. The van der Waals surface area contributed by atoms with E-state index < -0.39 is 0 Å². The molecule has 0 aliphatic rings. The second kappa shape index (κ2) is 12.2. The molecule has 1 N–H and O–H groups in total. The predicted octanol–water partition coefficient (Wildman–Crippen LogP) is 6.59. The van der Waals surface area contributed by atoms with Gasteiger partial charge in [0.25, 0.3) is 5.91 Å². The van der Waals surface area contributed by atoms with Crippen LogP contribution in [0.15, 0.2) is 94.8 Å². The first-order chi connectivity index (χ1) is 19.4. The molecule has 1 aromatic heterocycles. The molecule has 7 nitrogen and oxygen atoms in total. The topological polar surface area (TPSA) is 81.9 Å². The van der Waals surface area contributed by atoms with Crippen molar-refractivity contribution in [3.05, 3.63) is 116 Å². The summed E-state index contributed by atoms with van der Waals surface area (Å²) in [5, 5.41) is 6.32. The average Bonchev–Trinajstić information content (AvgIpc) is 2.96. The highest BCUT2D eigenvalue weighted by Gasteiger charge is 2.13. The molecule has 1 heterocycles. The Morgan fingerprint density at radius 1 is 0.900 bits per heavy atom. The molecule has 5 rings (SSSR count). The lowest BCUT2D eigenvalue weighted by Gasteiger charge is -2.14. The van der Waals surface area contributed by atoms with E-state index in [0.717, 1.165) is 5.56 Å². The Morgan fingerprint density at radius 2 is 1.60 bits per heavy atom. The van der Waals surface area contributed by atoms with E-state index in [2.05, 4.69) is 10.5 Å². The molecule has 0 saturated heterocycles. The van der Waals surface area contributed by atoms with Gasteiger partial charge in [0.1, 0.15) is 13.2 Å². The number of halogens is 2. The Balaban J connectivity index is 1.30. The maximum Gasteiger partial charge on any atom is 0.260 e. The Morgan fingerprint density at radius 3 is 2.27 bits per heavy atom. The van der Waals surface area contributed by atoms with Crippen LogP contribution >= 0.6 is 23.2 Å². The van der Waals surface area contributed by atoms with Crippen LogP contribution in [-0.4, -0.2) is 23.3 Å². The lowest BCUT2D eigenvalue weighted by molar-refractivity contribution is -0.121. The number of hydrogen-bond donors (Lipinski definition) is 1. The van der Waals surface area contributed by atoms with Crippen molar-refractivity contribution >= 4 is 57.1 Å². The quantitative estimate of drug-likeness (QED) is 0.122. The highest BCUT2D eigenvalue weighted by molar-refractivity contribution is 6.35. The molecule has 9 heteroatoms. The van der Waals surface area contributed by atoms with Gasteiger partial charge in [-0.3, -0.25) is 9.59 Å². The Hall–Kier alpha value is -4.33. The fourth-order valence-electron chi connectivity index (χ4n) is 4.39. The van der Waals surface area contributed by atoms with E-state index in [0.29, 0.717) is 55.5 Å². The van der Waals surface area contributed by atoms with E-state index >= 15 is 0 Å². The van der Waals surface area contributed by atoms with E-state index in [1.165, 1.54) is 6.21 Å². The van der Waals surface area contributed by atoms with Crippen molar-refractivity contribution in [2.24, 2.45) is 5.10 Å². The van der Waals surface area contributed by atoms with Crippen LogP contribution in [-0.2, 0) is 17.9 Å². The smallest absolute Gasteiger partial charge is 0.260 e. The van der Waals surface area contributed by atoms with Crippen LogP contribution in [0.25, 0.3) is 21.8 Å². The number of aromatic nitrogens is 1. The number of hydrazone groups is 1. The summed E-state index contributed by atoms with van der Waals surface area (Å²) in [5.41, 5.74) is 5.39. The molecule has 0 atom stereocenters. The zero-order chi connectivity index (χ0) is 28.1. The number of para-hydroxylation sites is 2. The van der Waals surface area contributed by atoms with Crippen LogP contribution in [0.4, 0.5) is 0 Å². The number of benzene rings is 4. The Kier molecular flexibility index (Phi) is 8.34. The van der Waals surface area contributed by atoms with Crippen LogP contribution in [0.5, 0.6) is 11.5 Å². The number of amides is 1. The van der Waals surface area contributed by atoms with Gasteiger partial charge < -0.3 is 14.0 Å². The molecular weight excluding hydrogens is 549 g/mol. The summed E-state index contributed by atoms with van der Waals surface area (Å²) in [6.07, 6.45) is 1.53. The summed E-state index contributed by atoms with van der Waals surface area (Å²) in [5.74, 6) is 0.750. The van der Waals surface area contributed by atoms with Crippen LogP contribution in [0.1, 0.15) is 18.1 Å². The van der Waals surface area contributed by atoms with E-state index in [1.54, 1.807) is 42.5 Å². The van der Waals surface area contributed by atoms with E-state index in [9.17, 15) is 9.59 Å². The molecule has 0 radical (unpaired) electrons. The fraction of sp³-hybridized carbons (Fsp3) is 0.129. The molecule has 0 aliphatic heterocycles. The van der Waals surface area contributed by atoms with Gasteiger partial charge in [-0.05, 0) is 67.1 Å². The van der Waals surface area contributed by atoms with Crippen molar-refractivity contribution in [2.75, 3.05) is 6.61 Å². The minimum absolute atomic E-state index is 0.0110. The van der Waals surface area contributed by atoms with Gasteiger partial charge in [0.2, 0.25) is 0 Å². The first-order valence-electron chi connectivity index (χ1n) is 12.6. The average molecular weight is 574 g/mol. The van der Waals surface area contributed by atoms with Crippen LogP contribution in [0, 0.1) is 0 Å². The van der Waals surface area contributed by atoms with Crippen molar-refractivity contribution in [3.8, 4) is 11.5 Å². The zero-order valence-electron chi connectivity index (χ0n) is 21.6. The normalized spacial score (nSPS) is 11.3. The zero-order valence-corrected chi connectivity index (χ0v) is 23.1. The number of pyridine rings is 1. The molecule has 0 aliphatic carbocycles. The third-order valence-corrected chi connectivity index (χ3v) is 6.84. The van der Waals surface area contributed by atoms with Gasteiger partial charge in [-0.1, -0.05) is 53.5 Å². The SMILES string of the molecule is CCOc1cc(C=NNC(=O)Cn2c3ccccc3c(=O)c3ccccc32)ccc1OCc1ccc(Cl)cc1Cl. The fourth-order valence-corrected chi connectivity index (χ4v) is 4.85. The molecule has 40 heavy (non-hydrogen) atoms. The minimum Gasteiger partial charge on any atom is -0.490 e. The third-order valence-electron chi connectivity index (χ3n) is 6.25. The van der Waals surface area contributed by atoms with Crippen LogP contribution in [0.3, 0.4) is 0 Å². The van der Waals surface area contributed by atoms with E-state index in [1.807, 2.05) is 54.0 Å². The third kappa shape index (κ3) is 5.96. The molecule has 4 aromatic carbocycles. The van der Waals surface area contributed by atoms with Crippen LogP contribution in [0.2, 0.25) is 10.0 Å². The maximum absolute atomic E-state index is 12.9. The highest BCUT2D eigenvalue weighted by Crippen LogP contribution is 2.30. The number of rotatable bonds is 9. The Labute approximate surface area is 240 Å². The second-order valence-electron chi connectivity index (χ2n) is 8.91. The molecule has 5 aromatic rings. The Bertz CT molecular complexity index is 1740. The summed E-state index contributed by atoms with van der Waals surface area (Å²) in [6, 6.07) is 25.1. The first kappa shape index (κ1) is 27.2. The van der Waals surface area contributed by atoms with Gasteiger partial charge in [-0.15, -0.1) is 0 Å². The number of nitrogens with zero attached hydrogens (tertiary/aromatic N) is 2. The molecular formula is C31H25Cl2N3O4. The van der Waals surface area contributed by atoms with Gasteiger partial charge in [0, 0.05) is 26.4 Å². The lowest BCUT2D eigenvalue weighted by Crippen LogP contribution is -2.25. The van der Waals surface area contributed by atoms with Gasteiger partial charge in [-0.2, -0.15) is 5.10 Å². The molecule has 1 amide bonds. The standard InChI is InChI=1S/C31H25Cl2N3O4/c1-2-39-29-15-20(11-14-28(29)40-19-21-12-13-22(32)16-25(21)33)17-34-35-30(37)18-36-26-9-5-3-7-23(26)31(38)24-8-4-6-10-27(24)36/h3-17H,2,18-19H2,1H3,(H,35,37). The summed E-state index contributed by atoms with van der Waals surface area (Å²) in [6.45, 7) is 2.55. The van der Waals surface area contributed by atoms with Gasteiger partial charge in [0.05, 0.1) is 23.9 Å². The molecule has 0 saturated carbocycles. The monoisotopic (exact) mass is 573 g/mol. The largest absolute Gasteiger partial charge is 0.490 e. The molecule has 202 valence electrons. The summed E-state index contributed by atoms with van der Waals surface area (Å²) in [4.78, 5) is 25.8. The lowest BCUT2D eigenvalue weighted by atomic mass is 10.1. The number of hydrogen-bond acceptors (Lipinski definition) is 5. The summed E-state index contributed by atoms with van der Waals surface area (Å²) >= 11 is 12.2. The molecule has 0 bridgehead atoms. The molecule has 0 unspecified atom stereocenters. The van der Waals surface area contributed by atoms with Crippen molar-refractivity contribution in [1.29, 1.82) is 0 Å². The minimum atomic E-state index is -0.333. The van der Waals surface area contributed by atoms with Gasteiger partial charge in [-0.25, -0.2) is 5.43 Å². The van der Waals surface area contributed by atoms with Crippen molar-refractivity contribution in [3.63, 3.8) is 0 Å².